The molecule has 0 aliphatic carbocycles. The summed E-state index contributed by atoms with van der Waals surface area (Å²) in [7, 11) is 1.58. The van der Waals surface area contributed by atoms with E-state index in [1.165, 1.54) is 0 Å². The number of hydrogen-bond donors (Lipinski definition) is 1. The van der Waals surface area contributed by atoms with Crippen molar-refractivity contribution < 1.29 is 19.4 Å². The van der Waals surface area contributed by atoms with E-state index in [9.17, 15) is 9.59 Å². The third kappa shape index (κ3) is 3.75. The van der Waals surface area contributed by atoms with Gasteiger partial charge in [-0.2, -0.15) is 0 Å². The molecule has 0 radical (unpaired) electrons. The zero-order valence-electron chi connectivity index (χ0n) is 14.9. The van der Waals surface area contributed by atoms with Crippen LogP contribution in [0, 0.1) is 6.92 Å². The number of amides is 1. The van der Waals surface area contributed by atoms with Crippen LogP contribution in [0.5, 0.6) is 0 Å². The van der Waals surface area contributed by atoms with E-state index in [-0.39, 0.29) is 24.5 Å². The Kier molecular flexibility index (Phi) is 5.32. The number of carbonyl (C=O) groups excluding carboxylic acids is 1. The van der Waals surface area contributed by atoms with E-state index in [4.69, 9.17) is 9.84 Å². The number of carbonyl (C=O) groups is 2. The van der Waals surface area contributed by atoms with Gasteiger partial charge < -0.3 is 14.7 Å². The molecular weight excluding hydrogens is 332 g/mol. The quantitative estimate of drug-likeness (QED) is 0.893. The molecule has 3 rings (SSSR count). The number of nitrogens with zero attached hydrogens (tertiary/aromatic N) is 2. The van der Waals surface area contributed by atoms with Gasteiger partial charge in [0.15, 0.2) is 0 Å². The van der Waals surface area contributed by atoms with Crippen LogP contribution in [0.2, 0.25) is 0 Å². The lowest BCUT2D eigenvalue weighted by atomic mass is 10.1. The molecule has 2 atom stereocenters. The lowest BCUT2D eigenvalue weighted by molar-refractivity contribution is -0.137. The molecule has 0 bridgehead atoms. The van der Waals surface area contributed by atoms with E-state index in [2.05, 4.69) is 4.98 Å². The van der Waals surface area contributed by atoms with Crippen molar-refractivity contribution in [2.75, 3.05) is 13.7 Å². The fourth-order valence-electron chi connectivity index (χ4n) is 3.40. The second kappa shape index (κ2) is 7.66. The van der Waals surface area contributed by atoms with Crippen LogP contribution >= 0.6 is 0 Å². The van der Waals surface area contributed by atoms with Gasteiger partial charge >= 0.3 is 5.97 Å². The summed E-state index contributed by atoms with van der Waals surface area (Å²) in [6.07, 6.45) is 0.309. The molecule has 2 heterocycles. The first-order chi connectivity index (χ1) is 12.5. The summed E-state index contributed by atoms with van der Waals surface area (Å²) in [4.78, 5) is 30.3. The molecule has 1 aliphatic rings. The normalized spacial score (nSPS) is 19.5. The van der Waals surface area contributed by atoms with Crippen molar-refractivity contribution in [1.82, 2.24) is 9.88 Å². The summed E-state index contributed by atoms with van der Waals surface area (Å²) in [5, 5.41) is 9.13. The largest absolute Gasteiger partial charge is 0.481 e. The van der Waals surface area contributed by atoms with E-state index in [1.54, 1.807) is 25.0 Å². The maximum absolute atomic E-state index is 13.0. The molecule has 26 heavy (non-hydrogen) atoms. The van der Waals surface area contributed by atoms with Gasteiger partial charge in [-0.05, 0) is 25.5 Å². The van der Waals surface area contributed by atoms with Gasteiger partial charge in [-0.15, -0.1) is 0 Å². The summed E-state index contributed by atoms with van der Waals surface area (Å²) in [6, 6.07) is 13.0. The van der Waals surface area contributed by atoms with E-state index < -0.39 is 5.97 Å². The lowest BCUT2D eigenvalue weighted by Crippen LogP contribution is -2.37. The molecule has 1 N–H and O–H groups in total. The zero-order valence-corrected chi connectivity index (χ0v) is 14.9. The Bertz CT molecular complexity index is 807. The average molecular weight is 354 g/mol. The number of aryl methyl sites for hydroxylation is 1. The Morgan fingerprint density at radius 3 is 2.58 bits per heavy atom. The molecule has 1 aromatic carbocycles. The van der Waals surface area contributed by atoms with Gasteiger partial charge in [-0.1, -0.05) is 30.3 Å². The monoisotopic (exact) mass is 354 g/mol. The Morgan fingerprint density at radius 1 is 1.23 bits per heavy atom. The number of pyridine rings is 1. The standard InChI is InChI=1S/C20H22N2O4/c1-13-17(8-9-18(21-13)14-6-4-3-5-7-14)20(25)22-12-16(26-2)10-15(22)11-19(23)24/h3-9,15-16H,10-12H2,1-2H3,(H,23,24). The van der Waals surface area contributed by atoms with Crippen molar-refractivity contribution in [3.8, 4) is 11.3 Å². The van der Waals surface area contributed by atoms with Crippen molar-refractivity contribution in [3.05, 3.63) is 53.7 Å². The molecule has 6 nitrogen and oxygen atoms in total. The highest BCUT2D eigenvalue weighted by atomic mass is 16.5. The first-order valence-electron chi connectivity index (χ1n) is 8.58. The Hall–Kier alpha value is -2.73. The number of ether oxygens (including phenoxy) is 1. The highest BCUT2D eigenvalue weighted by Gasteiger charge is 2.37. The van der Waals surface area contributed by atoms with Crippen LogP contribution in [0.25, 0.3) is 11.3 Å². The minimum atomic E-state index is -0.918. The molecule has 0 saturated carbocycles. The Morgan fingerprint density at radius 2 is 1.96 bits per heavy atom. The van der Waals surface area contributed by atoms with Gasteiger partial charge in [0.1, 0.15) is 0 Å². The molecule has 1 aliphatic heterocycles. The third-order valence-corrected chi connectivity index (χ3v) is 4.77. The van der Waals surface area contributed by atoms with E-state index in [1.807, 2.05) is 36.4 Å². The highest BCUT2D eigenvalue weighted by Crippen LogP contribution is 2.26. The average Bonchev–Trinajstić information content (AvgIpc) is 3.04. The minimum Gasteiger partial charge on any atom is -0.481 e. The van der Waals surface area contributed by atoms with Crippen LogP contribution < -0.4 is 0 Å². The van der Waals surface area contributed by atoms with Crippen molar-refractivity contribution >= 4 is 11.9 Å². The number of benzene rings is 1. The van der Waals surface area contributed by atoms with Crippen molar-refractivity contribution in [1.29, 1.82) is 0 Å². The fraction of sp³-hybridized carbons (Fsp3) is 0.350. The van der Waals surface area contributed by atoms with Crippen LogP contribution in [0.3, 0.4) is 0 Å². The number of likely N-dealkylation sites (tertiary alicyclic amines) is 1. The number of carboxylic acid groups (broad SMARTS) is 1. The minimum absolute atomic E-state index is 0.0832. The van der Waals surface area contributed by atoms with Crippen molar-refractivity contribution in [3.63, 3.8) is 0 Å². The predicted octanol–water partition coefficient (Wildman–Crippen LogP) is 2.76. The molecule has 0 spiro atoms. The maximum atomic E-state index is 13.0. The molecule has 1 saturated heterocycles. The third-order valence-electron chi connectivity index (χ3n) is 4.77. The molecule has 1 amide bonds. The molecule has 136 valence electrons. The number of methoxy groups -OCH3 is 1. The maximum Gasteiger partial charge on any atom is 0.305 e. The lowest BCUT2D eigenvalue weighted by Gasteiger charge is -2.24. The van der Waals surface area contributed by atoms with E-state index >= 15 is 0 Å². The van der Waals surface area contributed by atoms with Crippen LogP contribution in [0.4, 0.5) is 0 Å². The van der Waals surface area contributed by atoms with Gasteiger partial charge in [-0.3, -0.25) is 14.6 Å². The summed E-state index contributed by atoms with van der Waals surface area (Å²) in [6.45, 7) is 2.20. The number of hydrogen-bond acceptors (Lipinski definition) is 4. The Labute approximate surface area is 152 Å². The van der Waals surface area contributed by atoms with Gasteiger partial charge in [0.2, 0.25) is 0 Å². The zero-order chi connectivity index (χ0) is 18.7. The first-order valence-corrected chi connectivity index (χ1v) is 8.58. The van der Waals surface area contributed by atoms with Gasteiger partial charge in [0, 0.05) is 25.3 Å². The Balaban J connectivity index is 1.85. The summed E-state index contributed by atoms with van der Waals surface area (Å²) in [5.41, 5.74) is 2.92. The second-order valence-electron chi connectivity index (χ2n) is 6.50. The van der Waals surface area contributed by atoms with Gasteiger partial charge in [0.05, 0.1) is 29.5 Å². The highest BCUT2D eigenvalue weighted by molar-refractivity contribution is 5.96. The van der Waals surface area contributed by atoms with Crippen molar-refractivity contribution in [2.45, 2.75) is 31.9 Å². The SMILES string of the molecule is COC1CC(CC(=O)O)N(C(=O)c2ccc(-c3ccccc3)nc2C)C1. The van der Waals surface area contributed by atoms with Crippen LogP contribution in [0.1, 0.15) is 28.9 Å². The second-order valence-corrected chi connectivity index (χ2v) is 6.50. The number of aromatic nitrogens is 1. The molecular formula is C20H22N2O4. The molecule has 1 aromatic heterocycles. The number of carboxylic acids is 1. The van der Waals surface area contributed by atoms with E-state index in [0.29, 0.717) is 24.2 Å². The smallest absolute Gasteiger partial charge is 0.305 e. The summed E-state index contributed by atoms with van der Waals surface area (Å²) < 4.78 is 5.34. The summed E-state index contributed by atoms with van der Waals surface area (Å²) >= 11 is 0. The van der Waals surface area contributed by atoms with Crippen LogP contribution in [-0.2, 0) is 9.53 Å². The topological polar surface area (TPSA) is 79.7 Å². The van der Waals surface area contributed by atoms with Crippen molar-refractivity contribution in [2.24, 2.45) is 0 Å². The summed E-state index contributed by atoms with van der Waals surface area (Å²) in [5.74, 6) is -1.11. The number of rotatable bonds is 5. The van der Waals surface area contributed by atoms with Crippen LogP contribution in [-0.4, -0.2) is 52.7 Å². The molecule has 6 heteroatoms. The van der Waals surface area contributed by atoms with Gasteiger partial charge in [0.25, 0.3) is 5.91 Å². The number of aliphatic carboxylic acids is 1. The fourth-order valence-corrected chi connectivity index (χ4v) is 3.40. The first kappa shape index (κ1) is 18.1. The molecule has 1 fully saturated rings. The van der Waals surface area contributed by atoms with Crippen LogP contribution in [0.15, 0.2) is 42.5 Å². The van der Waals surface area contributed by atoms with E-state index in [0.717, 1.165) is 11.3 Å². The van der Waals surface area contributed by atoms with Gasteiger partial charge in [-0.25, -0.2) is 0 Å². The predicted molar refractivity (Wildman–Crippen MR) is 96.9 cm³/mol. The molecule has 2 unspecified atom stereocenters. The molecule has 2 aromatic rings.